The van der Waals surface area contributed by atoms with Crippen molar-refractivity contribution in [1.82, 2.24) is 4.57 Å². The maximum atomic E-state index is 13.8. The predicted octanol–water partition coefficient (Wildman–Crippen LogP) is 6.04. The highest BCUT2D eigenvalue weighted by molar-refractivity contribution is 9.11. The molecule has 1 aliphatic rings. The van der Waals surface area contributed by atoms with Gasteiger partial charge in [0.25, 0.3) is 5.56 Å². The van der Waals surface area contributed by atoms with Gasteiger partial charge in [0.15, 0.2) is 4.80 Å². The van der Waals surface area contributed by atoms with Crippen LogP contribution in [0, 0.1) is 5.82 Å². The largest absolute Gasteiger partial charge is 0.487 e. The van der Waals surface area contributed by atoms with E-state index in [2.05, 4.69) is 31.9 Å². The third kappa shape index (κ3) is 5.61. The smallest absolute Gasteiger partial charge is 0.338 e. The van der Waals surface area contributed by atoms with Gasteiger partial charge in [0.05, 0.1) is 37.9 Å². The van der Waals surface area contributed by atoms with Gasteiger partial charge in [0.1, 0.15) is 18.2 Å². The number of rotatable bonds is 7. The van der Waals surface area contributed by atoms with Gasteiger partial charge in [0, 0.05) is 0 Å². The Kier molecular flexibility index (Phi) is 8.48. The molecule has 4 aromatic rings. The average molecular weight is 686 g/mol. The number of nitrogens with zero attached hydrogens (tertiary/aromatic N) is 2. The van der Waals surface area contributed by atoms with Crippen LogP contribution in [0.15, 0.2) is 96.7 Å². The second-order valence-corrected chi connectivity index (χ2v) is 11.6. The molecule has 0 aliphatic carbocycles. The zero-order chi connectivity index (χ0) is 28.4. The standard InChI is InChI=1S/C30H23Br2FN2O4S/c1-3-23-25(29(37)38-2)26(19-7-5-4-6-8-19)35-28(36)24(40-30(35)34-23)15-18-13-21(31)27(22(32)14-18)39-16-17-9-11-20(33)12-10-17/h4-15,26H,3,16H2,1-2H3/b24-15-/t26-/m0/s1. The third-order valence-electron chi connectivity index (χ3n) is 6.38. The number of hydrogen-bond acceptors (Lipinski definition) is 6. The molecule has 1 atom stereocenters. The highest BCUT2D eigenvalue weighted by Gasteiger charge is 2.33. The topological polar surface area (TPSA) is 69.9 Å². The van der Waals surface area contributed by atoms with Crippen LogP contribution in [-0.4, -0.2) is 17.6 Å². The fourth-order valence-corrected chi connectivity index (χ4v) is 6.97. The van der Waals surface area contributed by atoms with Gasteiger partial charge in [-0.05, 0) is 85.3 Å². The number of thiazole rings is 1. The number of esters is 1. The van der Waals surface area contributed by atoms with E-state index in [9.17, 15) is 14.0 Å². The Bertz CT molecular complexity index is 1780. The quantitative estimate of drug-likeness (QED) is 0.223. The molecule has 0 saturated carbocycles. The molecule has 0 spiro atoms. The van der Waals surface area contributed by atoms with E-state index in [4.69, 9.17) is 14.5 Å². The Labute approximate surface area is 250 Å². The van der Waals surface area contributed by atoms with Crippen LogP contribution in [0.25, 0.3) is 6.08 Å². The molecule has 0 amide bonds. The number of hydrogen-bond donors (Lipinski definition) is 0. The Balaban J connectivity index is 1.56. The lowest BCUT2D eigenvalue weighted by Gasteiger charge is -2.25. The van der Waals surface area contributed by atoms with Gasteiger partial charge in [0.2, 0.25) is 0 Å². The fourth-order valence-electron chi connectivity index (χ4n) is 4.50. The summed E-state index contributed by atoms with van der Waals surface area (Å²) >= 11 is 8.41. The summed E-state index contributed by atoms with van der Waals surface area (Å²) < 4.78 is 27.7. The van der Waals surface area contributed by atoms with Crippen LogP contribution in [0.5, 0.6) is 5.75 Å². The molecule has 0 N–H and O–H groups in total. The van der Waals surface area contributed by atoms with E-state index >= 15 is 0 Å². The number of fused-ring (bicyclic) bond motifs is 1. The number of carbonyl (C=O) groups is 1. The van der Waals surface area contributed by atoms with Crippen molar-refractivity contribution in [3.63, 3.8) is 0 Å². The van der Waals surface area contributed by atoms with E-state index in [1.807, 2.05) is 49.4 Å². The van der Waals surface area contributed by atoms with Crippen LogP contribution in [-0.2, 0) is 16.1 Å². The van der Waals surface area contributed by atoms with E-state index in [1.165, 1.54) is 30.6 Å². The molecule has 3 aromatic carbocycles. The number of benzene rings is 3. The SMILES string of the molecule is CCC1=C(C(=O)OC)[C@H](c2ccccc2)n2c(s/c(=C\c3cc(Br)c(OCc4ccc(F)cc4)c(Br)c3)c2=O)=N1. The Hall–Kier alpha value is -3.34. The monoisotopic (exact) mass is 684 g/mol. The van der Waals surface area contributed by atoms with Gasteiger partial charge in [-0.2, -0.15) is 0 Å². The summed E-state index contributed by atoms with van der Waals surface area (Å²) in [6.45, 7) is 2.18. The van der Waals surface area contributed by atoms with E-state index < -0.39 is 12.0 Å². The molecule has 6 nitrogen and oxygen atoms in total. The molecule has 0 radical (unpaired) electrons. The number of aromatic nitrogens is 1. The maximum absolute atomic E-state index is 13.8. The molecular formula is C30H23Br2FN2O4S. The van der Waals surface area contributed by atoms with Crippen molar-refractivity contribution >= 4 is 55.2 Å². The van der Waals surface area contributed by atoms with Crippen LogP contribution in [0.2, 0.25) is 0 Å². The van der Waals surface area contributed by atoms with Gasteiger partial charge in [-0.3, -0.25) is 9.36 Å². The van der Waals surface area contributed by atoms with Crippen molar-refractivity contribution in [1.29, 1.82) is 0 Å². The average Bonchev–Trinajstić information content (AvgIpc) is 3.26. The highest BCUT2D eigenvalue weighted by atomic mass is 79.9. The molecule has 2 heterocycles. The second-order valence-electron chi connectivity index (χ2n) is 8.93. The fraction of sp³-hybridized carbons (Fsp3) is 0.167. The first kappa shape index (κ1) is 28.2. The van der Waals surface area contributed by atoms with Crippen molar-refractivity contribution in [3.8, 4) is 5.75 Å². The van der Waals surface area contributed by atoms with Crippen molar-refractivity contribution in [2.45, 2.75) is 26.0 Å². The first-order chi connectivity index (χ1) is 19.3. The Morgan fingerprint density at radius 2 is 1.77 bits per heavy atom. The normalized spacial score (nSPS) is 15.0. The summed E-state index contributed by atoms with van der Waals surface area (Å²) in [7, 11) is 1.33. The molecule has 5 rings (SSSR count). The van der Waals surface area contributed by atoms with Crippen LogP contribution < -0.4 is 19.6 Å². The molecule has 0 bridgehead atoms. The van der Waals surface area contributed by atoms with Gasteiger partial charge in [-0.25, -0.2) is 14.2 Å². The van der Waals surface area contributed by atoms with Crippen LogP contribution in [0.3, 0.4) is 0 Å². The van der Waals surface area contributed by atoms with Gasteiger partial charge in [-0.15, -0.1) is 0 Å². The lowest BCUT2D eigenvalue weighted by Crippen LogP contribution is -2.40. The van der Waals surface area contributed by atoms with Gasteiger partial charge >= 0.3 is 5.97 Å². The molecule has 1 aromatic heterocycles. The molecule has 40 heavy (non-hydrogen) atoms. The van der Waals surface area contributed by atoms with Gasteiger partial charge in [-0.1, -0.05) is 60.7 Å². The zero-order valence-electron chi connectivity index (χ0n) is 21.5. The molecule has 204 valence electrons. The lowest BCUT2D eigenvalue weighted by molar-refractivity contribution is -0.136. The second kappa shape index (κ2) is 12.0. The van der Waals surface area contributed by atoms with Crippen LogP contribution in [0.4, 0.5) is 4.39 Å². The zero-order valence-corrected chi connectivity index (χ0v) is 25.5. The Morgan fingerprint density at radius 3 is 2.40 bits per heavy atom. The first-order valence-corrected chi connectivity index (χ1v) is 14.7. The summed E-state index contributed by atoms with van der Waals surface area (Å²) in [4.78, 5) is 31.9. The summed E-state index contributed by atoms with van der Waals surface area (Å²) in [5.41, 5.74) is 3.10. The van der Waals surface area contributed by atoms with Crippen molar-refractivity contribution in [3.05, 3.63) is 129 Å². The third-order valence-corrected chi connectivity index (χ3v) is 8.54. The van der Waals surface area contributed by atoms with Crippen LogP contribution >= 0.6 is 43.2 Å². The molecule has 0 saturated heterocycles. The minimum absolute atomic E-state index is 0.252. The number of carbonyl (C=O) groups excluding carboxylic acids is 1. The van der Waals surface area contributed by atoms with Crippen molar-refractivity contribution in [2.24, 2.45) is 4.99 Å². The first-order valence-electron chi connectivity index (χ1n) is 12.3. The molecule has 10 heteroatoms. The van der Waals surface area contributed by atoms with E-state index in [1.54, 1.807) is 22.8 Å². The minimum Gasteiger partial charge on any atom is -0.487 e. The predicted molar refractivity (Wildman–Crippen MR) is 159 cm³/mol. The van der Waals surface area contributed by atoms with Crippen molar-refractivity contribution < 1.29 is 18.7 Å². The number of methoxy groups -OCH3 is 1. The minimum atomic E-state index is -0.650. The van der Waals surface area contributed by atoms with E-state index in [0.29, 0.717) is 41.7 Å². The molecule has 0 unspecified atom stereocenters. The summed E-state index contributed by atoms with van der Waals surface area (Å²) in [6.07, 6.45) is 2.30. The summed E-state index contributed by atoms with van der Waals surface area (Å²) in [5, 5.41) is 0. The van der Waals surface area contributed by atoms with Crippen LogP contribution in [0.1, 0.15) is 36.1 Å². The number of halogens is 3. The number of ether oxygens (including phenoxy) is 2. The summed E-state index contributed by atoms with van der Waals surface area (Å²) in [6, 6.07) is 18.6. The maximum Gasteiger partial charge on any atom is 0.338 e. The number of allylic oxidation sites excluding steroid dienone is 1. The van der Waals surface area contributed by atoms with E-state index in [-0.39, 0.29) is 18.0 Å². The van der Waals surface area contributed by atoms with Crippen molar-refractivity contribution in [2.75, 3.05) is 7.11 Å². The lowest BCUT2D eigenvalue weighted by atomic mass is 9.95. The van der Waals surface area contributed by atoms with Gasteiger partial charge < -0.3 is 9.47 Å². The summed E-state index contributed by atoms with van der Waals surface area (Å²) in [5.74, 6) is -0.224. The molecule has 1 aliphatic heterocycles. The Morgan fingerprint density at radius 1 is 1.10 bits per heavy atom. The molecule has 0 fully saturated rings. The van der Waals surface area contributed by atoms with E-state index in [0.717, 1.165) is 16.7 Å². The molecular weight excluding hydrogens is 663 g/mol. The highest BCUT2D eigenvalue weighted by Crippen LogP contribution is 2.36.